The monoisotopic (exact) mass is 839 g/mol. The number of hydrogen-bond acceptors (Lipinski definition) is 3. The molecule has 253 valence electrons. The Labute approximate surface area is 293 Å². The Bertz CT molecular complexity index is 1960. The van der Waals surface area contributed by atoms with Crippen LogP contribution in [0.1, 0.15) is 72.1 Å². The number of aliphatic hydroxyl groups excluding tert-OH is 1. The summed E-state index contributed by atoms with van der Waals surface area (Å²) in [6.07, 6.45) is -1.53. The summed E-state index contributed by atoms with van der Waals surface area (Å²) < 4.78 is 39.3. The SMILES string of the molecule is CC(C)/C(O)=C/C(=O)C(F)(F)F.[CH2-]c1c(-c2c3sc4cc(CC(C)(C)C)ccc4c3cc[n+]2[CH2-])cc(C(C)(C)C)c2ccccc12.[Ir]. The van der Waals surface area contributed by atoms with Crippen LogP contribution in [0.2, 0.25) is 0 Å². The summed E-state index contributed by atoms with van der Waals surface area (Å²) >= 11 is 1.88. The van der Waals surface area contributed by atoms with Crippen molar-refractivity contribution in [3.8, 4) is 11.3 Å². The fraction of sp³-hybridized carbons (Fsp3) is 0.333. The van der Waals surface area contributed by atoms with Crippen LogP contribution >= 0.6 is 11.3 Å². The predicted molar refractivity (Wildman–Crippen MR) is 186 cm³/mol. The van der Waals surface area contributed by atoms with Gasteiger partial charge in [0.05, 0.1) is 17.6 Å². The van der Waals surface area contributed by atoms with E-state index in [1.807, 2.05) is 15.9 Å². The smallest absolute Gasteiger partial charge is 0.454 e. The molecule has 8 heteroatoms. The van der Waals surface area contributed by atoms with Gasteiger partial charge in [-0.25, -0.2) is 0 Å². The average Bonchev–Trinajstić information content (AvgIpc) is 3.29. The summed E-state index contributed by atoms with van der Waals surface area (Å²) in [6, 6.07) is 20.2. The minimum atomic E-state index is -4.90. The van der Waals surface area contributed by atoms with Crippen molar-refractivity contribution >= 4 is 48.1 Å². The Kier molecular flexibility index (Phi) is 11.4. The van der Waals surface area contributed by atoms with Crippen LogP contribution in [0.5, 0.6) is 0 Å². The Morgan fingerprint density at radius 3 is 2.11 bits per heavy atom. The zero-order valence-electron chi connectivity index (χ0n) is 28.2. The molecule has 0 unspecified atom stereocenters. The number of ketones is 1. The molecule has 0 saturated carbocycles. The van der Waals surface area contributed by atoms with Gasteiger partial charge >= 0.3 is 6.18 Å². The van der Waals surface area contributed by atoms with Crippen molar-refractivity contribution in [3.63, 3.8) is 0 Å². The molecule has 2 aromatic heterocycles. The molecule has 3 aromatic carbocycles. The minimum absolute atomic E-state index is 0. The molecule has 47 heavy (non-hydrogen) atoms. The molecule has 3 nitrogen and oxygen atoms in total. The number of halogens is 3. The third-order valence-corrected chi connectivity index (χ3v) is 8.99. The van der Waals surface area contributed by atoms with E-state index in [4.69, 9.17) is 5.11 Å². The molecule has 0 spiro atoms. The molecule has 0 saturated heterocycles. The maximum atomic E-state index is 11.6. The van der Waals surface area contributed by atoms with Crippen LogP contribution in [-0.4, -0.2) is 17.1 Å². The topological polar surface area (TPSA) is 41.2 Å². The molecule has 1 radical (unpaired) electrons. The van der Waals surface area contributed by atoms with Crippen molar-refractivity contribution in [2.45, 2.75) is 73.4 Å². The number of alkyl halides is 3. The van der Waals surface area contributed by atoms with E-state index < -0.39 is 23.6 Å². The number of thiophene rings is 1. The Balaban J connectivity index is 0.000000397. The van der Waals surface area contributed by atoms with E-state index in [0.29, 0.717) is 0 Å². The van der Waals surface area contributed by atoms with E-state index >= 15 is 0 Å². The maximum Gasteiger partial charge on any atom is 0.454 e. The van der Waals surface area contributed by atoms with Gasteiger partial charge in [0.2, 0.25) is 0 Å². The van der Waals surface area contributed by atoms with E-state index in [-0.39, 0.29) is 37.0 Å². The van der Waals surface area contributed by atoms with E-state index in [1.54, 1.807) is 0 Å². The number of aromatic nitrogens is 1. The first-order chi connectivity index (χ1) is 21.2. The molecule has 1 N–H and O–H groups in total. The summed E-state index contributed by atoms with van der Waals surface area (Å²) in [5, 5.41) is 13.9. The van der Waals surface area contributed by atoms with Gasteiger partial charge in [-0.2, -0.15) is 25.7 Å². The normalized spacial score (nSPS) is 12.7. The first-order valence-corrected chi connectivity index (χ1v) is 16.1. The van der Waals surface area contributed by atoms with Crippen LogP contribution in [0.15, 0.2) is 72.6 Å². The minimum Gasteiger partial charge on any atom is -0.512 e. The fourth-order valence-corrected chi connectivity index (χ4v) is 6.85. The Morgan fingerprint density at radius 1 is 0.936 bits per heavy atom. The maximum absolute atomic E-state index is 11.6. The number of pyridine rings is 1. The number of rotatable bonds is 4. The molecule has 0 amide bonds. The predicted octanol–water partition coefficient (Wildman–Crippen LogP) is 11.1. The summed E-state index contributed by atoms with van der Waals surface area (Å²) in [5.74, 6) is -3.07. The van der Waals surface area contributed by atoms with Crippen molar-refractivity contribution in [1.82, 2.24) is 0 Å². The molecule has 0 fully saturated rings. The molecule has 2 heterocycles. The van der Waals surface area contributed by atoms with Gasteiger partial charge in [0, 0.05) is 48.5 Å². The van der Waals surface area contributed by atoms with Gasteiger partial charge in [0.1, 0.15) is 0 Å². The van der Waals surface area contributed by atoms with E-state index in [9.17, 15) is 18.0 Å². The Morgan fingerprint density at radius 2 is 1.55 bits per heavy atom. The van der Waals surface area contributed by atoms with Crippen LogP contribution in [0, 0.1) is 25.3 Å². The number of benzene rings is 3. The summed E-state index contributed by atoms with van der Waals surface area (Å²) in [6.45, 7) is 21.3. The number of hydrogen-bond donors (Lipinski definition) is 1. The van der Waals surface area contributed by atoms with Crippen LogP contribution in [0.4, 0.5) is 13.2 Å². The second kappa shape index (κ2) is 14.0. The van der Waals surface area contributed by atoms with Crippen molar-refractivity contribution in [2.75, 3.05) is 0 Å². The summed E-state index contributed by atoms with van der Waals surface area (Å²) in [4.78, 5) is 10.2. The fourth-order valence-electron chi connectivity index (χ4n) is 5.52. The molecule has 0 aliphatic carbocycles. The van der Waals surface area contributed by atoms with Gasteiger partial charge in [-0.15, -0.1) is 34.4 Å². The largest absolute Gasteiger partial charge is 0.512 e. The van der Waals surface area contributed by atoms with Crippen molar-refractivity contribution in [1.29, 1.82) is 0 Å². The number of carbonyl (C=O) groups excluding carboxylic acids is 1. The van der Waals surface area contributed by atoms with Gasteiger partial charge in [0.15, 0.2) is 0 Å². The molecule has 0 aliphatic heterocycles. The second-order valence-electron chi connectivity index (χ2n) is 14.4. The molecular formula is C39H43F3IrNO2S-. The molecule has 0 atom stereocenters. The van der Waals surface area contributed by atoms with Crippen LogP contribution in [-0.2, 0) is 36.7 Å². The number of allylic oxidation sites excluding steroid dienone is 2. The first kappa shape index (κ1) is 38.1. The third kappa shape index (κ3) is 8.59. The first-order valence-electron chi connectivity index (χ1n) is 15.3. The van der Waals surface area contributed by atoms with Gasteiger partial charge < -0.3 is 9.67 Å². The molecule has 0 aliphatic rings. The van der Waals surface area contributed by atoms with Crippen molar-refractivity contribution in [3.05, 3.63) is 103 Å². The third-order valence-electron chi connectivity index (χ3n) is 7.82. The van der Waals surface area contributed by atoms with E-state index in [1.165, 1.54) is 61.5 Å². The van der Waals surface area contributed by atoms with E-state index in [2.05, 4.69) is 116 Å². The molecule has 5 rings (SSSR count). The summed E-state index contributed by atoms with van der Waals surface area (Å²) in [5.41, 5.74) is 6.42. The molecular weight excluding hydrogens is 796 g/mol. The van der Waals surface area contributed by atoms with Crippen LogP contribution in [0.3, 0.4) is 0 Å². The van der Waals surface area contributed by atoms with Crippen molar-refractivity contribution in [2.24, 2.45) is 11.3 Å². The zero-order chi connectivity index (χ0) is 34.4. The van der Waals surface area contributed by atoms with Gasteiger partial charge in [-0.1, -0.05) is 96.7 Å². The van der Waals surface area contributed by atoms with Gasteiger partial charge in [0.25, 0.3) is 5.78 Å². The zero-order valence-corrected chi connectivity index (χ0v) is 31.4. The van der Waals surface area contributed by atoms with Crippen molar-refractivity contribution < 1.29 is 47.7 Å². The standard InChI is InChI=1S/C32H34NS.C7H9F3O2.Ir/c1-20-22-11-9-10-12-23(22)27(32(5,6)7)18-26(20)29-30-25(15-16-33(29)8)24-14-13-21(17-28(24)34-30)19-31(2,3)4;1-4(2)5(11)3-6(12)7(8,9)10;/h9-18H,1,8,19H2,2-7H3;3-4,11H,1-2H3;/q-1;;/b;5-3-;. The molecule has 0 bridgehead atoms. The van der Waals surface area contributed by atoms with Gasteiger partial charge in [-0.3, -0.25) is 4.79 Å². The number of carbonyl (C=O) groups is 1. The number of nitrogens with zero attached hydrogens (tertiary/aromatic N) is 1. The summed E-state index contributed by atoms with van der Waals surface area (Å²) in [7, 11) is 4.39. The second-order valence-corrected chi connectivity index (χ2v) is 15.4. The molecule has 5 aromatic rings. The number of fused-ring (bicyclic) bond motifs is 4. The number of aliphatic hydroxyl groups is 1. The average molecular weight is 839 g/mol. The van der Waals surface area contributed by atoms with Crippen LogP contribution < -0.4 is 4.57 Å². The quantitative estimate of drug-likeness (QED) is 0.0848. The van der Waals surface area contributed by atoms with Gasteiger partial charge in [-0.05, 0) is 45.7 Å². The Hall–Kier alpha value is -3.32. The van der Waals surface area contributed by atoms with E-state index in [0.717, 1.165) is 17.7 Å². The van der Waals surface area contributed by atoms with Crippen LogP contribution in [0.25, 0.3) is 42.2 Å².